The van der Waals surface area contributed by atoms with Gasteiger partial charge in [0.25, 0.3) is 0 Å². The van der Waals surface area contributed by atoms with Gasteiger partial charge in [0.15, 0.2) is 0 Å². The number of rotatable bonds is 2. The van der Waals surface area contributed by atoms with Crippen molar-refractivity contribution in [2.75, 3.05) is 0 Å². The second-order valence-corrected chi connectivity index (χ2v) is 2.51. The van der Waals surface area contributed by atoms with Gasteiger partial charge in [-0.25, -0.2) is 0 Å². The van der Waals surface area contributed by atoms with E-state index in [9.17, 15) is 0 Å². The number of aryl methyl sites for hydroxylation is 1. The van der Waals surface area contributed by atoms with E-state index in [4.69, 9.17) is 16.0 Å². The molecule has 0 spiro atoms. The Hall–Kier alpha value is -1.85. The maximum absolute atomic E-state index is 5.11. The highest BCUT2D eigenvalue weighted by molar-refractivity contribution is 5.99. The van der Waals surface area contributed by atoms with Crippen LogP contribution >= 0.6 is 0 Å². The van der Waals surface area contributed by atoms with Gasteiger partial charge >= 0.3 is 0 Å². The molecule has 0 aliphatic heterocycles. The zero-order valence-corrected chi connectivity index (χ0v) is 7.48. The van der Waals surface area contributed by atoms with Crippen LogP contribution in [0.15, 0.2) is 20.9 Å². The van der Waals surface area contributed by atoms with Crippen molar-refractivity contribution in [2.24, 2.45) is 21.7 Å². The number of nitrogens with two attached hydrogens (primary N) is 2. The van der Waals surface area contributed by atoms with Gasteiger partial charge in [0.2, 0.25) is 5.96 Å². The maximum Gasteiger partial charge on any atom is 0.211 e. The van der Waals surface area contributed by atoms with Gasteiger partial charge in [0.05, 0.1) is 17.5 Å². The zero-order chi connectivity index (χ0) is 9.84. The van der Waals surface area contributed by atoms with Crippen LogP contribution in [0.4, 0.5) is 0 Å². The molecule has 0 saturated heterocycles. The monoisotopic (exact) mass is 181 g/mol. The number of hydrogen-bond donors (Lipinski definition) is 2. The summed E-state index contributed by atoms with van der Waals surface area (Å²) in [7, 11) is 0. The molecule has 1 aromatic heterocycles. The fraction of sp³-hybridized carbons (Fsp3) is 0.286. The van der Waals surface area contributed by atoms with Crippen LogP contribution in [0.1, 0.15) is 18.2 Å². The first-order valence-corrected chi connectivity index (χ1v) is 3.66. The fourth-order valence-electron chi connectivity index (χ4n) is 0.833. The highest BCUT2D eigenvalue weighted by Gasteiger charge is 2.05. The molecule has 0 aliphatic rings. The fourth-order valence-corrected chi connectivity index (χ4v) is 0.833. The Bertz CT molecular complexity index is 348. The van der Waals surface area contributed by atoms with E-state index >= 15 is 0 Å². The molecule has 0 aromatic carbocycles. The summed E-state index contributed by atoms with van der Waals surface area (Å²) in [5, 5.41) is 10.9. The lowest BCUT2D eigenvalue weighted by atomic mass is 10.2. The van der Waals surface area contributed by atoms with Crippen molar-refractivity contribution in [3.05, 3.63) is 17.5 Å². The lowest BCUT2D eigenvalue weighted by Crippen LogP contribution is -2.22. The van der Waals surface area contributed by atoms with Crippen LogP contribution in [0.5, 0.6) is 0 Å². The topological polar surface area (TPSA) is 103 Å². The molecule has 0 saturated carbocycles. The Morgan fingerprint density at radius 2 is 2.15 bits per heavy atom. The molecular weight excluding hydrogens is 170 g/mol. The van der Waals surface area contributed by atoms with E-state index < -0.39 is 0 Å². The lowest BCUT2D eigenvalue weighted by Gasteiger charge is -1.92. The third-order valence-corrected chi connectivity index (χ3v) is 1.46. The first kappa shape index (κ1) is 9.24. The van der Waals surface area contributed by atoms with Crippen LogP contribution in [-0.4, -0.2) is 16.8 Å². The molecule has 1 aromatic rings. The molecule has 0 amide bonds. The standard InChI is InChI=1S/C7H11N5O/c1-4(11-12-7(8)9)6-3-10-13-5(6)2/h3H,1-2H3,(H4,8,9,12)/b11-4+. The molecule has 0 aliphatic carbocycles. The third-order valence-electron chi connectivity index (χ3n) is 1.46. The minimum absolute atomic E-state index is 0.0755. The summed E-state index contributed by atoms with van der Waals surface area (Å²) in [6, 6.07) is 0. The summed E-state index contributed by atoms with van der Waals surface area (Å²) in [4.78, 5) is 0. The molecule has 0 bridgehead atoms. The first-order valence-electron chi connectivity index (χ1n) is 3.66. The van der Waals surface area contributed by atoms with Crippen LogP contribution in [0.2, 0.25) is 0 Å². The van der Waals surface area contributed by atoms with Crippen LogP contribution in [0, 0.1) is 6.92 Å². The normalized spacial score (nSPS) is 11.4. The SMILES string of the molecule is C/C(=N\N=C(N)N)c1cnoc1C. The number of guanidine groups is 1. The summed E-state index contributed by atoms with van der Waals surface area (Å²) in [6.45, 7) is 3.56. The smallest absolute Gasteiger partial charge is 0.211 e. The number of hydrogen-bond acceptors (Lipinski definition) is 4. The zero-order valence-electron chi connectivity index (χ0n) is 7.48. The van der Waals surface area contributed by atoms with Gasteiger partial charge in [-0.3, -0.25) is 0 Å². The van der Waals surface area contributed by atoms with E-state index in [2.05, 4.69) is 15.4 Å². The molecule has 13 heavy (non-hydrogen) atoms. The van der Waals surface area contributed by atoms with E-state index in [1.54, 1.807) is 20.0 Å². The minimum atomic E-state index is -0.0755. The van der Waals surface area contributed by atoms with E-state index in [0.29, 0.717) is 11.5 Å². The van der Waals surface area contributed by atoms with Crippen molar-refractivity contribution in [2.45, 2.75) is 13.8 Å². The molecule has 0 radical (unpaired) electrons. The van der Waals surface area contributed by atoms with E-state index in [0.717, 1.165) is 5.56 Å². The molecular formula is C7H11N5O. The predicted octanol–water partition coefficient (Wildman–Crippen LogP) is -0.0196. The van der Waals surface area contributed by atoms with Crippen molar-refractivity contribution in [1.29, 1.82) is 0 Å². The summed E-state index contributed by atoms with van der Waals surface area (Å²) in [6.07, 6.45) is 1.57. The third kappa shape index (κ3) is 2.29. The van der Waals surface area contributed by atoms with Crippen LogP contribution < -0.4 is 11.5 Å². The molecule has 6 nitrogen and oxygen atoms in total. The van der Waals surface area contributed by atoms with Crippen molar-refractivity contribution in [3.63, 3.8) is 0 Å². The largest absolute Gasteiger partial charge is 0.369 e. The molecule has 0 fully saturated rings. The second-order valence-electron chi connectivity index (χ2n) is 2.51. The molecule has 0 atom stereocenters. The number of nitrogens with zero attached hydrogens (tertiary/aromatic N) is 3. The summed E-state index contributed by atoms with van der Waals surface area (Å²) in [5.41, 5.74) is 11.7. The second kappa shape index (κ2) is 3.70. The van der Waals surface area contributed by atoms with E-state index in [1.165, 1.54) is 0 Å². The van der Waals surface area contributed by atoms with E-state index in [1.807, 2.05) is 0 Å². The molecule has 0 unspecified atom stereocenters. The van der Waals surface area contributed by atoms with Gasteiger partial charge in [-0.2, -0.15) is 5.10 Å². The summed E-state index contributed by atoms with van der Waals surface area (Å²) < 4.78 is 4.85. The van der Waals surface area contributed by atoms with Crippen molar-refractivity contribution < 1.29 is 4.52 Å². The Labute approximate surface area is 75.3 Å². The van der Waals surface area contributed by atoms with E-state index in [-0.39, 0.29) is 5.96 Å². The van der Waals surface area contributed by atoms with Crippen molar-refractivity contribution >= 4 is 11.7 Å². The van der Waals surface area contributed by atoms with Crippen LogP contribution in [0.25, 0.3) is 0 Å². The molecule has 1 heterocycles. The van der Waals surface area contributed by atoms with Gasteiger partial charge in [0.1, 0.15) is 5.76 Å². The predicted molar refractivity (Wildman–Crippen MR) is 49.3 cm³/mol. The van der Waals surface area contributed by atoms with Gasteiger partial charge in [-0.15, -0.1) is 5.10 Å². The van der Waals surface area contributed by atoms with Gasteiger partial charge in [-0.1, -0.05) is 5.16 Å². The Morgan fingerprint density at radius 3 is 2.62 bits per heavy atom. The van der Waals surface area contributed by atoms with Gasteiger partial charge in [-0.05, 0) is 13.8 Å². The maximum atomic E-state index is 5.11. The quantitative estimate of drug-likeness (QED) is 0.380. The minimum Gasteiger partial charge on any atom is -0.369 e. The Balaban J connectivity index is 2.91. The first-order chi connectivity index (χ1) is 6.11. The van der Waals surface area contributed by atoms with Crippen LogP contribution in [0.3, 0.4) is 0 Å². The average Bonchev–Trinajstić information content (AvgIpc) is 2.47. The molecule has 4 N–H and O–H groups in total. The van der Waals surface area contributed by atoms with Crippen molar-refractivity contribution in [3.8, 4) is 0 Å². The molecule has 70 valence electrons. The van der Waals surface area contributed by atoms with Gasteiger partial charge < -0.3 is 16.0 Å². The Morgan fingerprint density at radius 1 is 1.46 bits per heavy atom. The molecule has 1 rings (SSSR count). The van der Waals surface area contributed by atoms with Gasteiger partial charge in [0, 0.05) is 0 Å². The highest BCUT2D eigenvalue weighted by Crippen LogP contribution is 2.07. The Kier molecular flexibility index (Phi) is 2.63. The van der Waals surface area contributed by atoms with Crippen molar-refractivity contribution in [1.82, 2.24) is 5.16 Å². The molecule has 6 heteroatoms. The average molecular weight is 181 g/mol. The summed E-state index contributed by atoms with van der Waals surface area (Å²) >= 11 is 0. The highest BCUT2D eigenvalue weighted by atomic mass is 16.5. The lowest BCUT2D eigenvalue weighted by molar-refractivity contribution is 0.397. The number of aromatic nitrogens is 1. The van der Waals surface area contributed by atoms with Crippen LogP contribution in [-0.2, 0) is 0 Å². The summed E-state index contributed by atoms with van der Waals surface area (Å²) in [5.74, 6) is 0.612.